The lowest BCUT2D eigenvalue weighted by molar-refractivity contribution is -0.133. The van der Waals surface area contributed by atoms with E-state index in [-0.39, 0.29) is 5.91 Å². The molecule has 3 heteroatoms. The van der Waals surface area contributed by atoms with E-state index >= 15 is 0 Å². The molecule has 1 fully saturated rings. The van der Waals surface area contributed by atoms with Gasteiger partial charge in [-0.1, -0.05) is 31.5 Å². The Labute approximate surface area is 122 Å². The standard InChI is InChI=1S/C17H26N2O/c1-13-6-5-7-14(2)19(12-13)17(20)11-10-15-8-3-4-9-16(15)18/h3-4,8-9,13-14H,5-7,10-12,18H2,1-2H3. The van der Waals surface area contributed by atoms with E-state index in [1.54, 1.807) is 0 Å². The van der Waals surface area contributed by atoms with Crippen LogP contribution in [0.2, 0.25) is 0 Å². The van der Waals surface area contributed by atoms with Crippen molar-refractivity contribution in [2.75, 3.05) is 12.3 Å². The molecule has 2 rings (SSSR count). The number of likely N-dealkylation sites (tertiary alicyclic amines) is 1. The third kappa shape index (κ3) is 3.75. The lowest BCUT2D eigenvalue weighted by Crippen LogP contribution is -2.40. The highest BCUT2D eigenvalue weighted by Gasteiger charge is 2.24. The largest absolute Gasteiger partial charge is 0.399 e. The van der Waals surface area contributed by atoms with Crippen LogP contribution in [0.3, 0.4) is 0 Å². The molecule has 0 bridgehead atoms. The van der Waals surface area contributed by atoms with Crippen molar-refractivity contribution in [2.45, 2.75) is 52.0 Å². The Morgan fingerprint density at radius 1 is 1.30 bits per heavy atom. The van der Waals surface area contributed by atoms with Crippen LogP contribution in [-0.2, 0) is 11.2 Å². The predicted molar refractivity (Wildman–Crippen MR) is 83.4 cm³/mol. The highest BCUT2D eigenvalue weighted by Crippen LogP contribution is 2.22. The molecule has 110 valence electrons. The zero-order valence-corrected chi connectivity index (χ0v) is 12.6. The Balaban J connectivity index is 1.95. The number of carbonyl (C=O) groups is 1. The zero-order valence-electron chi connectivity index (χ0n) is 12.6. The van der Waals surface area contributed by atoms with E-state index < -0.39 is 0 Å². The summed E-state index contributed by atoms with van der Waals surface area (Å²) in [6.45, 7) is 5.32. The topological polar surface area (TPSA) is 46.3 Å². The van der Waals surface area contributed by atoms with Crippen molar-refractivity contribution in [3.63, 3.8) is 0 Å². The van der Waals surface area contributed by atoms with Gasteiger partial charge in [-0.15, -0.1) is 0 Å². The fraction of sp³-hybridized carbons (Fsp3) is 0.588. The molecule has 1 aliphatic rings. The van der Waals surface area contributed by atoms with Gasteiger partial charge in [-0.3, -0.25) is 4.79 Å². The molecule has 0 radical (unpaired) electrons. The van der Waals surface area contributed by atoms with E-state index in [1.807, 2.05) is 24.3 Å². The molecule has 0 aromatic heterocycles. The monoisotopic (exact) mass is 274 g/mol. The van der Waals surface area contributed by atoms with Crippen molar-refractivity contribution in [1.29, 1.82) is 0 Å². The Morgan fingerprint density at radius 3 is 2.80 bits per heavy atom. The molecule has 20 heavy (non-hydrogen) atoms. The molecular formula is C17H26N2O. The lowest BCUT2D eigenvalue weighted by atomic mass is 10.1. The van der Waals surface area contributed by atoms with Crippen LogP contribution in [0.1, 0.15) is 45.1 Å². The number of para-hydroxylation sites is 1. The van der Waals surface area contributed by atoms with Gasteiger partial charge in [0, 0.05) is 24.7 Å². The maximum absolute atomic E-state index is 12.5. The van der Waals surface area contributed by atoms with E-state index in [1.165, 1.54) is 12.8 Å². The fourth-order valence-electron chi connectivity index (χ4n) is 3.02. The highest BCUT2D eigenvalue weighted by atomic mass is 16.2. The number of benzene rings is 1. The van der Waals surface area contributed by atoms with Gasteiger partial charge in [-0.05, 0) is 43.7 Å². The number of nitrogens with two attached hydrogens (primary N) is 1. The van der Waals surface area contributed by atoms with Crippen LogP contribution in [0.25, 0.3) is 0 Å². The number of hydrogen-bond acceptors (Lipinski definition) is 2. The van der Waals surface area contributed by atoms with E-state index in [4.69, 9.17) is 5.73 Å². The molecule has 0 saturated carbocycles. The number of hydrogen-bond donors (Lipinski definition) is 1. The van der Waals surface area contributed by atoms with Crippen molar-refractivity contribution in [3.8, 4) is 0 Å². The molecule has 2 unspecified atom stereocenters. The molecule has 0 spiro atoms. The first kappa shape index (κ1) is 14.9. The summed E-state index contributed by atoms with van der Waals surface area (Å²) in [7, 11) is 0. The summed E-state index contributed by atoms with van der Waals surface area (Å²) in [6, 6.07) is 8.19. The average Bonchev–Trinajstić information content (AvgIpc) is 2.59. The van der Waals surface area contributed by atoms with Crippen molar-refractivity contribution < 1.29 is 4.79 Å². The Hall–Kier alpha value is -1.51. The molecular weight excluding hydrogens is 248 g/mol. The van der Waals surface area contributed by atoms with Gasteiger partial charge in [-0.25, -0.2) is 0 Å². The maximum Gasteiger partial charge on any atom is 0.223 e. The first-order chi connectivity index (χ1) is 9.58. The smallest absolute Gasteiger partial charge is 0.223 e. The van der Waals surface area contributed by atoms with Gasteiger partial charge < -0.3 is 10.6 Å². The van der Waals surface area contributed by atoms with E-state index in [9.17, 15) is 4.79 Å². The van der Waals surface area contributed by atoms with Crippen LogP contribution < -0.4 is 5.73 Å². The van der Waals surface area contributed by atoms with Gasteiger partial charge in [0.1, 0.15) is 0 Å². The van der Waals surface area contributed by atoms with Crippen molar-refractivity contribution >= 4 is 11.6 Å². The van der Waals surface area contributed by atoms with E-state index in [0.717, 1.165) is 30.6 Å². The Morgan fingerprint density at radius 2 is 2.05 bits per heavy atom. The van der Waals surface area contributed by atoms with Crippen LogP contribution >= 0.6 is 0 Å². The molecule has 2 atom stereocenters. The van der Waals surface area contributed by atoms with Gasteiger partial charge in [0.05, 0.1) is 0 Å². The number of amides is 1. The second kappa shape index (κ2) is 6.78. The molecule has 2 N–H and O–H groups in total. The minimum atomic E-state index is 0.273. The maximum atomic E-state index is 12.5. The van der Waals surface area contributed by atoms with Crippen molar-refractivity contribution in [1.82, 2.24) is 4.90 Å². The summed E-state index contributed by atoms with van der Waals surface area (Å²) in [5.41, 5.74) is 7.80. The second-order valence-corrected chi connectivity index (χ2v) is 6.13. The van der Waals surface area contributed by atoms with Crippen LogP contribution in [0.5, 0.6) is 0 Å². The van der Waals surface area contributed by atoms with Crippen molar-refractivity contribution in [3.05, 3.63) is 29.8 Å². The van der Waals surface area contributed by atoms with Gasteiger partial charge in [0.15, 0.2) is 0 Å². The van der Waals surface area contributed by atoms with Gasteiger partial charge in [-0.2, -0.15) is 0 Å². The highest BCUT2D eigenvalue weighted by molar-refractivity contribution is 5.77. The SMILES string of the molecule is CC1CCCC(C)N(C(=O)CCc2ccccc2N)C1. The second-order valence-electron chi connectivity index (χ2n) is 6.13. The predicted octanol–water partition coefficient (Wildman–Crippen LogP) is 3.24. The molecule has 0 aliphatic carbocycles. The van der Waals surface area contributed by atoms with E-state index in [2.05, 4.69) is 18.7 Å². The number of carbonyl (C=O) groups excluding carboxylic acids is 1. The Kier molecular flexibility index (Phi) is 5.05. The summed E-state index contributed by atoms with van der Waals surface area (Å²) < 4.78 is 0. The summed E-state index contributed by atoms with van der Waals surface area (Å²) in [5.74, 6) is 0.889. The minimum absolute atomic E-state index is 0.273. The molecule has 1 aromatic carbocycles. The average molecular weight is 274 g/mol. The molecule has 1 saturated heterocycles. The molecule has 1 aromatic rings. The number of rotatable bonds is 3. The van der Waals surface area contributed by atoms with Gasteiger partial charge in [0.25, 0.3) is 0 Å². The summed E-state index contributed by atoms with van der Waals surface area (Å²) in [5, 5.41) is 0. The van der Waals surface area contributed by atoms with Crippen LogP contribution in [-0.4, -0.2) is 23.4 Å². The third-order valence-corrected chi connectivity index (χ3v) is 4.34. The molecule has 1 aliphatic heterocycles. The summed E-state index contributed by atoms with van der Waals surface area (Å²) in [4.78, 5) is 14.6. The third-order valence-electron chi connectivity index (χ3n) is 4.34. The van der Waals surface area contributed by atoms with Crippen LogP contribution in [0, 0.1) is 5.92 Å². The molecule has 1 amide bonds. The zero-order chi connectivity index (χ0) is 14.5. The minimum Gasteiger partial charge on any atom is -0.399 e. The van der Waals surface area contributed by atoms with Crippen LogP contribution in [0.15, 0.2) is 24.3 Å². The number of aryl methyl sites for hydroxylation is 1. The number of nitrogens with zero attached hydrogens (tertiary/aromatic N) is 1. The Bertz CT molecular complexity index is 458. The van der Waals surface area contributed by atoms with Gasteiger partial charge >= 0.3 is 0 Å². The molecule has 3 nitrogen and oxygen atoms in total. The first-order valence-corrected chi connectivity index (χ1v) is 7.70. The van der Waals surface area contributed by atoms with E-state index in [0.29, 0.717) is 18.4 Å². The quantitative estimate of drug-likeness (QED) is 0.860. The summed E-state index contributed by atoms with van der Waals surface area (Å²) in [6.07, 6.45) is 4.90. The van der Waals surface area contributed by atoms with Crippen LogP contribution in [0.4, 0.5) is 5.69 Å². The van der Waals surface area contributed by atoms with Gasteiger partial charge in [0.2, 0.25) is 5.91 Å². The first-order valence-electron chi connectivity index (χ1n) is 7.70. The van der Waals surface area contributed by atoms with Crippen molar-refractivity contribution in [2.24, 2.45) is 5.92 Å². The molecule has 1 heterocycles. The number of nitrogen functional groups attached to an aromatic ring is 1. The normalized spacial score (nSPS) is 23.4. The summed E-state index contributed by atoms with van der Waals surface area (Å²) >= 11 is 0. The lowest BCUT2D eigenvalue weighted by Gasteiger charge is -2.29. The fourth-order valence-corrected chi connectivity index (χ4v) is 3.02. The number of anilines is 1.